The molecule has 1 aromatic carbocycles. The Balaban J connectivity index is 2.09. The van der Waals surface area contributed by atoms with Gasteiger partial charge in [-0.2, -0.15) is 0 Å². The molecule has 0 spiro atoms. The summed E-state index contributed by atoms with van der Waals surface area (Å²) in [5.74, 6) is 2.45. The molecule has 0 bridgehead atoms. The molecular weight excluding hydrogens is 238 g/mol. The highest BCUT2D eigenvalue weighted by Crippen LogP contribution is 2.33. The number of hydrogen-bond donors (Lipinski definition) is 1. The Morgan fingerprint density at radius 3 is 2.58 bits per heavy atom. The van der Waals surface area contributed by atoms with E-state index >= 15 is 0 Å². The lowest BCUT2D eigenvalue weighted by molar-refractivity contribution is 0.0855. The van der Waals surface area contributed by atoms with Gasteiger partial charge in [-0.3, -0.25) is 0 Å². The van der Waals surface area contributed by atoms with Crippen molar-refractivity contribution < 1.29 is 9.47 Å². The number of likely N-dealkylation sites (N-methyl/N-ethyl adjacent to an activating group) is 1. The summed E-state index contributed by atoms with van der Waals surface area (Å²) in [6.45, 7) is 2.27. The molecule has 0 amide bonds. The topological polar surface area (TPSA) is 30.5 Å². The molecule has 1 aliphatic carbocycles. The smallest absolute Gasteiger partial charge is 0.161 e. The molecule has 1 fully saturated rings. The van der Waals surface area contributed by atoms with Gasteiger partial charge in [0.05, 0.1) is 7.11 Å². The predicted octanol–water partition coefficient (Wildman–Crippen LogP) is 3.24. The van der Waals surface area contributed by atoms with E-state index in [0.717, 1.165) is 23.8 Å². The van der Waals surface area contributed by atoms with Gasteiger partial charge >= 0.3 is 0 Å². The summed E-state index contributed by atoms with van der Waals surface area (Å²) in [5, 5.41) is 3.39. The van der Waals surface area contributed by atoms with Crippen molar-refractivity contribution in [3.63, 3.8) is 0 Å². The summed E-state index contributed by atoms with van der Waals surface area (Å²) in [7, 11) is 3.71. The Bertz CT molecular complexity index is 394. The molecule has 106 valence electrons. The van der Waals surface area contributed by atoms with Crippen LogP contribution in [0.15, 0.2) is 24.3 Å². The van der Waals surface area contributed by atoms with E-state index in [9.17, 15) is 0 Å². The highest BCUT2D eigenvalue weighted by molar-refractivity contribution is 5.39. The van der Waals surface area contributed by atoms with Gasteiger partial charge in [-0.15, -0.1) is 0 Å². The Labute approximate surface area is 116 Å². The van der Waals surface area contributed by atoms with Crippen molar-refractivity contribution >= 4 is 0 Å². The summed E-state index contributed by atoms with van der Waals surface area (Å²) >= 11 is 0. The predicted molar refractivity (Wildman–Crippen MR) is 77.9 cm³/mol. The molecular formula is C16H25NO2. The molecule has 0 aliphatic heterocycles. The molecule has 3 nitrogen and oxygen atoms in total. The van der Waals surface area contributed by atoms with E-state index in [1.54, 1.807) is 7.11 Å². The second-order valence-corrected chi connectivity index (χ2v) is 5.29. The third-order valence-corrected chi connectivity index (χ3v) is 4.20. The Kier molecular flexibility index (Phi) is 5.08. The molecule has 1 aliphatic rings. The van der Waals surface area contributed by atoms with Crippen LogP contribution in [0.25, 0.3) is 0 Å². The molecule has 2 rings (SSSR count). The van der Waals surface area contributed by atoms with Crippen molar-refractivity contribution in [3.8, 4) is 11.5 Å². The van der Waals surface area contributed by atoms with Gasteiger partial charge in [-0.1, -0.05) is 25.5 Å². The molecule has 3 atom stereocenters. The van der Waals surface area contributed by atoms with E-state index in [1.165, 1.54) is 19.3 Å². The first-order chi connectivity index (χ1) is 9.28. The van der Waals surface area contributed by atoms with E-state index in [-0.39, 0.29) is 6.10 Å². The van der Waals surface area contributed by atoms with Crippen LogP contribution in [0.5, 0.6) is 11.5 Å². The van der Waals surface area contributed by atoms with Gasteiger partial charge in [0, 0.05) is 6.04 Å². The summed E-state index contributed by atoms with van der Waals surface area (Å²) in [5.41, 5.74) is 0. The number of ether oxygens (including phenoxy) is 2. The Hall–Kier alpha value is -1.22. The second-order valence-electron chi connectivity index (χ2n) is 5.29. The van der Waals surface area contributed by atoms with Gasteiger partial charge in [0.2, 0.25) is 0 Å². The molecule has 1 saturated carbocycles. The minimum Gasteiger partial charge on any atom is -0.493 e. The van der Waals surface area contributed by atoms with Crippen LogP contribution in [-0.4, -0.2) is 26.3 Å². The molecule has 1 N–H and O–H groups in total. The van der Waals surface area contributed by atoms with Crippen LogP contribution in [0.1, 0.15) is 32.6 Å². The lowest BCUT2D eigenvalue weighted by Crippen LogP contribution is -2.45. The first kappa shape index (κ1) is 14.2. The van der Waals surface area contributed by atoms with E-state index in [2.05, 4.69) is 12.2 Å². The van der Waals surface area contributed by atoms with Crippen LogP contribution in [-0.2, 0) is 0 Å². The third-order valence-electron chi connectivity index (χ3n) is 4.20. The number of hydrogen-bond acceptors (Lipinski definition) is 3. The molecule has 0 saturated heterocycles. The normalized spacial score (nSPS) is 27.0. The number of rotatable bonds is 5. The zero-order valence-corrected chi connectivity index (χ0v) is 12.2. The van der Waals surface area contributed by atoms with Gasteiger partial charge in [-0.25, -0.2) is 0 Å². The van der Waals surface area contributed by atoms with Crippen molar-refractivity contribution in [2.24, 2.45) is 5.92 Å². The van der Waals surface area contributed by atoms with Crippen LogP contribution < -0.4 is 14.8 Å². The van der Waals surface area contributed by atoms with Gasteiger partial charge in [0.15, 0.2) is 11.5 Å². The standard InChI is InChI=1S/C16H25NO2/c1-4-12-9-10-13(17-2)16(11-12)19-15-8-6-5-7-14(15)18-3/h5-8,12-13,16-17H,4,9-11H2,1-3H3. The first-order valence-electron chi connectivity index (χ1n) is 7.25. The maximum absolute atomic E-state index is 6.23. The van der Waals surface area contributed by atoms with Crippen LogP contribution in [0, 0.1) is 5.92 Å². The highest BCUT2D eigenvalue weighted by Gasteiger charge is 2.30. The zero-order chi connectivity index (χ0) is 13.7. The van der Waals surface area contributed by atoms with Gasteiger partial charge in [0.25, 0.3) is 0 Å². The fourth-order valence-corrected chi connectivity index (χ4v) is 2.92. The lowest BCUT2D eigenvalue weighted by atomic mass is 9.82. The molecule has 19 heavy (non-hydrogen) atoms. The molecule has 3 heteroatoms. The lowest BCUT2D eigenvalue weighted by Gasteiger charge is -2.36. The fourth-order valence-electron chi connectivity index (χ4n) is 2.92. The Morgan fingerprint density at radius 2 is 1.95 bits per heavy atom. The minimum absolute atomic E-state index is 0.236. The van der Waals surface area contributed by atoms with Crippen molar-refractivity contribution in [1.82, 2.24) is 5.32 Å². The van der Waals surface area contributed by atoms with E-state index in [4.69, 9.17) is 9.47 Å². The van der Waals surface area contributed by atoms with Crippen LogP contribution in [0.2, 0.25) is 0 Å². The molecule has 3 unspecified atom stereocenters. The second kappa shape index (κ2) is 6.80. The number of methoxy groups -OCH3 is 1. The van der Waals surface area contributed by atoms with Crippen LogP contribution in [0.4, 0.5) is 0 Å². The number of benzene rings is 1. The molecule has 0 aromatic heterocycles. The van der Waals surface area contributed by atoms with E-state index < -0.39 is 0 Å². The van der Waals surface area contributed by atoms with Gasteiger partial charge < -0.3 is 14.8 Å². The van der Waals surface area contributed by atoms with Crippen molar-refractivity contribution in [2.75, 3.05) is 14.2 Å². The summed E-state index contributed by atoms with van der Waals surface area (Å²) in [4.78, 5) is 0. The quantitative estimate of drug-likeness (QED) is 0.884. The van der Waals surface area contributed by atoms with Gasteiger partial charge in [-0.05, 0) is 44.4 Å². The summed E-state index contributed by atoms with van der Waals surface area (Å²) < 4.78 is 11.6. The molecule has 1 aromatic rings. The summed E-state index contributed by atoms with van der Waals surface area (Å²) in [6.07, 6.45) is 5.09. The zero-order valence-electron chi connectivity index (χ0n) is 12.2. The van der Waals surface area contributed by atoms with Crippen molar-refractivity contribution in [1.29, 1.82) is 0 Å². The number of para-hydroxylation sites is 2. The minimum atomic E-state index is 0.236. The monoisotopic (exact) mass is 263 g/mol. The molecule has 0 radical (unpaired) electrons. The van der Waals surface area contributed by atoms with Crippen molar-refractivity contribution in [3.05, 3.63) is 24.3 Å². The average Bonchev–Trinajstić information content (AvgIpc) is 2.47. The maximum Gasteiger partial charge on any atom is 0.161 e. The van der Waals surface area contributed by atoms with Gasteiger partial charge in [0.1, 0.15) is 6.10 Å². The third kappa shape index (κ3) is 3.41. The van der Waals surface area contributed by atoms with Crippen molar-refractivity contribution in [2.45, 2.75) is 44.8 Å². The van der Waals surface area contributed by atoms with Crippen LogP contribution in [0.3, 0.4) is 0 Å². The highest BCUT2D eigenvalue weighted by atomic mass is 16.5. The van der Waals surface area contributed by atoms with E-state index in [1.807, 2.05) is 31.3 Å². The average molecular weight is 263 g/mol. The molecule has 0 heterocycles. The van der Waals surface area contributed by atoms with Crippen LogP contribution >= 0.6 is 0 Å². The van der Waals surface area contributed by atoms with E-state index in [0.29, 0.717) is 6.04 Å². The number of nitrogens with one attached hydrogen (secondary N) is 1. The first-order valence-corrected chi connectivity index (χ1v) is 7.25. The summed E-state index contributed by atoms with van der Waals surface area (Å²) in [6, 6.07) is 8.33. The largest absolute Gasteiger partial charge is 0.493 e. The SMILES string of the molecule is CCC1CCC(NC)C(Oc2ccccc2OC)C1. The maximum atomic E-state index is 6.23. The fraction of sp³-hybridized carbons (Fsp3) is 0.625. The Morgan fingerprint density at radius 1 is 1.21 bits per heavy atom.